The molecule has 0 aliphatic rings. The number of hydrogen-bond acceptors (Lipinski definition) is 4. The van der Waals surface area contributed by atoms with Crippen LogP contribution < -0.4 is 16.0 Å². The molecule has 2 rings (SSSR count). The van der Waals surface area contributed by atoms with E-state index < -0.39 is 5.56 Å². The number of nitrogens with one attached hydrogen (secondary N) is 1. The minimum Gasteiger partial charge on any atom is -0.710 e. The molecule has 0 bridgehead atoms. The highest BCUT2D eigenvalue weighted by molar-refractivity contribution is 5.66. The van der Waals surface area contributed by atoms with E-state index >= 15 is 0 Å². The molecule has 2 aromatic rings. The first kappa shape index (κ1) is 9.50. The number of aromatic amines is 1. The number of anilines is 1. The average molecular weight is 209 g/mol. The summed E-state index contributed by atoms with van der Waals surface area (Å²) in [5.74, 6) is 0.0172. The lowest BCUT2D eigenvalue weighted by atomic mass is 10.4. The maximum absolute atomic E-state index is 11.4. The predicted molar refractivity (Wildman–Crippen MR) is 54.0 cm³/mol. The second-order valence-electron chi connectivity index (χ2n) is 3.26. The molecule has 0 aliphatic carbocycles. The molecule has 0 fully saturated rings. The highest BCUT2D eigenvalue weighted by Gasteiger charge is 2.17. The van der Waals surface area contributed by atoms with Crippen molar-refractivity contribution < 1.29 is 4.73 Å². The van der Waals surface area contributed by atoms with Crippen LogP contribution in [0.15, 0.2) is 11.1 Å². The summed E-state index contributed by atoms with van der Waals surface area (Å²) in [6.07, 6.45) is 2.15. The third-order valence-electron chi connectivity index (χ3n) is 2.10. The smallest absolute Gasteiger partial charge is 0.304 e. The maximum Gasteiger partial charge on any atom is 0.304 e. The van der Waals surface area contributed by atoms with Crippen molar-refractivity contribution in [1.82, 2.24) is 14.5 Å². The van der Waals surface area contributed by atoms with Crippen molar-refractivity contribution in [3.05, 3.63) is 21.9 Å². The van der Waals surface area contributed by atoms with Gasteiger partial charge in [-0.25, -0.2) is 9.30 Å². The molecule has 7 nitrogen and oxygen atoms in total. The number of imidazole rings is 1. The molecule has 0 aliphatic heterocycles. The van der Waals surface area contributed by atoms with Gasteiger partial charge in [-0.2, -0.15) is 4.98 Å². The zero-order chi connectivity index (χ0) is 11.0. The Labute approximate surface area is 84.7 Å². The molecule has 0 radical (unpaired) electrons. The third-order valence-corrected chi connectivity index (χ3v) is 2.10. The number of H-pyrrole nitrogens is 1. The van der Waals surface area contributed by atoms with Crippen molar-refractivity contribution in [3.8, 4) is 0 Å². The Morgan fingerprint density at radius 2 is 2.47 bits per heavy atom. The summed E-state index contributed by atoms with van der Waals surface area (Å²) >= 11 is 0. The van der Waals surface area contributed by atoms with Gasteiger partial charge in [0.2, 0.25) is 12.3 Å². The summed E-state index contributed by atoms with van der Waals surface area (Å²) in [5, 5.41) is 11.4. The monoisotopic (exact) mass is 209 g/mol. The Hall–Kier alpha value is -2.05. The van der Waals surface area contributed by atoms with Crippen molar-refractivity contribution in [1.29, 1.82) is 0 Å². The van der Waals surface area contributed by atoms with Gasteiger partial charge in [0.05, 0.1) is 6.54 Å². The standard InChI is InChI=1S/C8H11N5O2/c1-2-3-12-4-13(15)5-6(12)10-8(9)11-7(5)14/h4H,2-3H2,1H3,(H3,9,10,11,14). The number of aryl methyl sites for hydroxylation is 1. The van der Waals surface area contributed by atoms with Gasteiger partial charge in [-0.15, -0.1) is 0 Å². The fourth-order valence-corrected chi connectivity index (χ4v) is 1.51. The second-order valence-corrected chi connectivity index (χ2v) is 3.26. The minimum atomic E-state index is -0.512. The van der Waals surface area contributed by atoms with E-state index in [2.05, 4.69) is 9.97 Å². The molecule has 0 atom stereocenters. The first-order valence-electron chi connectivity index (χ1n) is 4.61. The highest BCUT2D eigenvalue weighted by atomic mass is 16.5. The lowest BCUT2D eigenvalue weighted by molar-refractivity contribution is -0.578. The molecule has 3 N–H and O–H groups in total. The molecule has 15 heavy (non-hydrogen) atoms. The van der Waals surface area contributed by atoms with Gasteiger partial charge in [0.25, 0.3) is 11.2 Å². The molecule has 2 heterocycles. The van der Waals surface area contributed by atoms with Crippen LogP contribution in [0.5, 0.6) is 0 Å². The molecule has 2 aromatic heterocycles. The van der Waals surface area contributed by atoms with E-state index in [1.807, 2.05) is 6.92 Å². The zero-order valence-electron chi connectivity index (χ0n) is 8.23. The number of rotatable bonds is 2. The number of nitrogen functional groups attached to an aromatic ring is 1. The molecule has 7 heteroatoms. The molecule has 0 unspecified atom stereocenters. The fourth-order valence-electron chi connectivity index (χ4n) is 1.51. The van der Waals surface area contributed by atoms with E-state index in [0.29, 0.717) is 16.9 Å². The van der Waals surface area contributed by atoms with Gasteiger partial charge < -0.3 is 10.9 Å². The van der Waals surface area contributed by atoms with E-state index in [1.165, 1.54) is 6.33 Å². The lowest BCUT2D eigenvalue weighted by Gasteiger charge is -1.94. The molecule has 0 saturated carbocycles. The van der Waals surface area contributed by atoms with Gasteiger partial charge in [0.1, 0.15) is 0 Å². The number of hydrogen-bond donors (Lipinski definition) is 2. The SMILES string of the molecule is CCCn1c[n+]([O-])c2c(=O)[nH]c(N)nc21. The Morgan fingerprint density at radius 3 is 3.13 bits per heavy atom. The minimum absolute atomic E-state index is 0.00218. The highest BCUT2D eigenvalue weighted by Crippen LogP contribution is 2.05. The molecule has 0 amide bonds. The van der Waals surface area contributed by atoms with Gasteiger partial charge in [-0.3, -0.25) is 9.78 Å². The van der Waals surface area contributed by atoms with Gasteiger partial charge in [-0.1, -0.05) is 6.92 Å². The predicted octanol–water partition coefficient (Wildman–Crippen LogP) is -0.650. The molecule has 80 valence electrons. The van der Waals surface area contributed by atoms with Crippen molar-refractivity contribution in [2.75, 3.05) is 5.73 Å². The van der Waals surface area contributed by atoms with Crippen molar-refractivity contribution in [2.45, 2.75) is 19.9 Å². The molecule has 0 aromatic carbocycles. The molecular weight excluding hydrogens is 198 g/mol. The molecule has 0 saturated heterocycles. The number of nitrogens with two attached hydrogens (primary N) is 1. The van der Waals surface area contributed by atoms with E-state index in [0.717, 1.165) is 6.42 Å². The topological polar surface area (TPSA) is 104 Å². The van der Waals surface area contributed by atoms with Crippen LogP contribution in [0, 0.1) is 5.21 Å². The van der Waals surface area contributed by atoms with Crippen LogP contribution in [0.3, 0.4) is 0 Å². The summed E-state index contributed by atoms with van der Waals surface area (Å²) in [6, 6.07) is 0. The van der Waals surface area contributed by atoms with Crippen LogP contribution >= 0.6 is 0 Å². The average Bonchev–Trinajstić information content (AvgIpc) is 2.43. The Balaban J connectivity index is 2.81. The third kappa shape index (κ3) is 1.41. The van der Waals surface area contributed by atoms with Crippen LogP contribution in [0.25, 0.3) is 11.2 Å². The van der Waals surface area contributed by atoms with Crippen molar-refractivity contribution in [2.24, 2.45) is 0 Å². The van der Waals surface area contributed by atoms with Gasteiger partial charge in [0, 0.05) is 0 Å². The maximum atomic E-state index is 11.4. The Morgan fingerprint density at radius 1 is 1.73 bits per heavy atom. The first-order chi connectivity index (χ1) is 7.13. The van der Waals surface area contributed by atoms with E-state index in [1.54, 1.807) is 4.57 Å². The van der Waals surface area contributed by atoms with Gasteiger partial charge in [-0.05, 0) is 6.42 Å². The van der Waals surface area contributed by atoms with E-state index in [4.69, 9.17) is 5.73 Å². The fraction of sp³-hybridized carbons (Fsp3) is 0.375. The number of aromatic nitrogens is 4. The summed E-state index contributed by atoms with van der Waals surface area (Å²) < 4.78 is 2.13. The zero-order valence-corrected chi connectivity index (χ0v) is 8.23. The van der Waals surface area contributed by atoms with Crippen molar-refractivity contribution in [3.63, 3.8) is 0 Å². The largest absolute Gasteiger partial charge is 0.710 e. The van der Waals surface area contributed by atoms with Crippen LogP contribution in [0.2, 0.25) is 0 Å². The molecule has 0 spiro atoms. The van der Waals surface area contributed by atoms with Crippen LogP contribution in [0.1, 0.15) is 13.3 Å². The Kier molecular flexibility index (Phi) is 2.07. The van der Waals surface area contributed by atoms with E-state index in [-0.39, 0.29) is 11.5 Å². The van der Waals surface area contributed by atoms with Gasteiger partial charge in [0.15, 0.2) is 0 Å². The summed E-state index contributed by atoms with van der Waals surface area (Å²) in [7, 11) is 0. The number of fused-ring (bicyclic) bond motifs is 1. The van der Waals surface area contributed by atoms with E-state index in [9.17, 15) is 10.0 Å². The normalized spacial score (nSPS) is 11.0. The van der Waals surface area contributed by atoms with Crippen LogP contribution in [0.4, 0.5) is 5.95 Å². The quantitative estimate of drug-likeness (QED) is 0.506. The van der Waals surface area contributed by atoms with Crippen LogP contribution in [-0.4, -0.2) is 14.5 Å². The van der Waals surface area contributed by atoms with Crippen LogP contribution in [-0.2, 0) is 6.54 Å². The molecular formula is C8H11N5O2. The van der Waals surface area contributed by atoms with Gasteiger partial charge >= 0.3 is 5.56 Å². The van der Waals surface area contributed by atoms with Crippen molar-refractivity contribution >= 4 is 17.1 Å². The lowest BCUT2D eigenvalue weighted by Crippen LogP contribution is -2.29. The number of nitrogens with zero attached hydrogens (tertiary/aromatic N) is 3. The Bertz CT molecular complexity index is 556. The second kappa shape index (κ2) is 3.26. The summed E-state index contributed by atoms with van der Waals surface area (Å²) in [6.45, 7) is 2.60. The first-order valence-corrected chi connectivity index (χ1v) is 4.61. The summed E-state index contributed by atoms with van der Waals surface area (Å²) in [5.41, 5.74) is 5.22. The summed E-state index contributed by atoms with van der Waals surface area (Å²) in [4.78, 5) is 17.7.